The van der Waals surface area contributed by atoms with Crippen molar-refractivity contribution in [1.82, 2.24) is 14.2 Å². The lowest BCUT2D eigenvalue weighted by Gasteiger charge is -2.17. The highest BCUT2D eigenvalue weighted by Gasteiger charge is 2.13. The van der Waals surface area contributed by atoms with Crippen LogP contribution < -0.4 is 5.32 Å². The second kappa shape index (κ2) is 7.59. The third kappa shape index (κ3) is 4.84. The van der Waals surface area contributed by atoms with E-state index in [0.29, 0.717) is 25.3 Å². The maximum Gasteiger partial charge on any atom is 0.211 e. The first kappa shape index (κ1) is 17.7. The summed E-state index contributed by atoms with van der Waals surface area (Å²) in [7, 11) is -1.22. The minimum Gasteiger partial charge on any atom is -0.340 e. The molecule has 1 rings (SSSR count). The van der Waals surface area contributed by atoms with Crippen molar-refractivity contribution >= 4 is 10.0 Å². The summed E-state index contributed by atoms with van der Waals surface area (Å²) < 4.78 is 26.2. The lowest BCUT2D eigenvalue weighted by atomic mass is 10.2. The van der Waals surface area contributed by atoms with E-state index in [4.69, 9.17) is 5.26 Å². The Balaban J connectivity index is 2.40. The Labute approximate surface area is 127 Å². The third-order valence-electron chi connectivity index (χ3n) is 3.65. The monoisotopic (exact) mass is 312 g/mol. The van der Waals surface area contributed by atoms with Crippen molar-refractivity contribution in [3.63, 3.8) is 0 Å². The molecule has 0 aliphatic rings. The molecule has 1 aromatic heterocycles. The Morgan fingerprint density at radius 3 is 2.62 bits per heavy atom. The topological polar surface area (TPSA) is 78.1 Å². The van der Waals surface area contributed by atoms with Gasteiger partial charge in [0.2, 0.25) is 10.0 Å². The molecule has 0 radical (unpaired) electrons. The van der Waals surface area contributed by atoms with Crippen molar-refractivity contribution in [2.45, 2.75) is 26.8 Å². The Morgan fingerprint density at radius 2 is 2.14 bits per heavy atom. The Bertz CT molecular complexity index is 614. The first-order valence-electron chi connectivity index (χ1n) is 7.02. The lowest BCUT2D eigenvalue weighted by molar-refractivity contribution is 0.419. The van der Waals surface area contributed by atoms with Gasteiger partial charge < -0.3 is 9.88 Å². The Hall–Kier alpha value is -1.36. The molecular formula is C14H24N4O2S. The van der Waals surface area contributed by atoms with Crippen LogP contribution in [0.25, 0.3) is 0 Å². The van der Waals surface area contributed by atoms with E-state index in [1.54, 1.807) is 0 Å². The molecule has 0 aliphatic carbocycles. The SMILES string of the molecule is CCN(CCCNCc1cc(C#N)n(C)c1C)S(C)(=O)=O. The van der Waals surface area contributed by atoms with Crippen LogP contribution in [0.5, 0.6) is 0 Å². The van der Waals surface area contributed by atoms with Crippen LogP contribution in [0.4, 0.5) is 0 Å². The third-order valence-corrected chi connectivity index (χ3v) is 5.03. The van der Waals surface area contributed by atoms with E-state index >= 15 is 0 Å². The molecule has 7 heteroatoms. The van der Waals surface area contributed by atoms with E-state index in [0.717, 1.165) is 24.2 Å². The number of hydrogen-bond acceptors (Lipinski definition) is 4. The minimum absolute atomic E-state index is 0.502. The lowest BCUT2D eigenvalue weighted by Crippen LogP contribution is -2.32. The van der Waals surface area contributed by atoms with Gasteiger partial charge in [0.05, 0.1) is 6.26 Å². The minimum atomic E-state index is -3.10. The van der Waals surface area contributed by atoms with Gasteiger partial charge in [-0.25, -0.2) is 12.7 Å². The average molecular weight is 312 g/mol. The molecule has 0 amide bonds. The summed E-state index contributed by atoms with van der Waals surface area (Å²) in [5.74, 6) is 0. The molecule has 0 spiro atoms. The normalized spacial score (nSPS) is 11.8. The van der Waals surface area contributed by atoms with Gasteiger partial charge in [-0.05, 0) is 31.5 Å². The summed E-state index contributed by atoms with van der Waals surface area (Å²) in [6.07, 6.45) is 2.00. The molecule has 0 saturated carbocycles. The Morgan fingerprint density at radius 1 is 1.48 bits per heavy atom. The van der Waals surface area contributed by atoms with Gasteiger partial charge in [0.15, 0.2) is 0 Å². The van der Waals surface area contributed by atoms with Crippen LogP contribution in [-0.2, 0) is 23.6 Å². The smallest absolute Gasteiger partial charge is 0.211 e. The molecule has 0 saturated heterocycles. The molecule has 0 aliphatic heterocycles. The van der Waals surface area contributed by atoms with Crippen LogP contribution in [0, 0.1) is 18.3 Å². The van der Waals surface area contributed by atoms with E-state index < -0.39 is 10.0 Å². The summed E-state index contributed by atoms with van der Waals surface area (Å²) in [4.78, 5) is 0. The first-order valence-corrected chi connectivity index (χ1v) is 8.87. The Kier molecular flexibility index (Phi) is 6.40. The molecule has 0 aromatic carbocycles. The highest BCUT2D eigenvalue weighted by Crippen LogP contribution is 2.12. The fourth-order valence-electron chi connectivity index (χ4n) is 2.21. The van der Waals surface area contributed by atoms with E-state index in [1.165, 1.54) is 10.6 Å². The van der Waals surface area contributed by atoms with E-state index in [2.05, 4.69) is 11.4 Å². The van der Waals surface area contributed by atoms with Gasteiger partial charge in [-0.3, -0.25) is 0 Å². The number of nitrogens with zero attached hydrogens (tertiary/aromatic N) is 3. The molecule has 21 heavy (non-hydrogen) atoms. The fourth-order valence-corrected chi connectivity index (χ4v) is 3.14. The van der Waals surface area contributed by atoms with Gasteiger partial charge in [-0.1, -0.05) is 6.92 Å². The standard InChI is InChI=1S/C14H24N4O2S/c1-5-18(21(4,19)20)8-6-7-16-11-13-9-14(10-15)17(3)12(13)2/h9,16H,5-8,11H2,1-4H3. The van der Waals surface area contributed by atoms with Crippen LogP contribution in [0.2, 0.25) is 0 Å². The van der Waals surface area contributed by atoms with Crippen LogP contribution >= 0.6 is 0 Å². The highest BCUT2D eigenvalue weighted by molar-refractivity contribution is 7.88. The van der Waals surface area contributed by atoms with Crippen molar-refractivity contribution < 1.29 is 8.42 Å². The van der Waals surface area contributed by atoms with Crippen LogP contribution in [0.15, 0.2) is 6.07 Å². The van der Waals surface area contributed by atoms with Crippen molar-refractivity contribution in [3.8, 4) is 6.07 Å². The van der Waals surface area contributed by atoms with E-state index in [9.17, 15) is 8.42 Å². The predicted octanol–water partition coefficient (Wildman–Crippen LogP) is 0.966. The van der Waals surface area contributed by atoms with Crippen molar-refractivity contribution in [3.05, 3.63) is 23.0 Å². The van der Waals surface area contributed by atoms with Gasteiger partial charge in [0.1, 0.15) is 11.8 Å². The number of aromatic nitrogens is 1. The zero-order valence-electron chi connectivity index (χ0n) is 13.2. The van der Waals surface area contributed by atoms with Gasteiger partial charge in [-0.15, -0.1) is 0 Å². The number of sulfonamides is 1. The highest BCUT2D eigenvalue weighted by atomic mass is 32.2. The molecule has 1 heterocycles. The molecule has 0 unspecified atom stereocenters. The maximum absolute atomic E-state index is 11.4. The fraction of sp³-hybridized carbons (Fsp3) is 0.643. The van der Waals surface area contributed by atoms with Crippen LogP contribution in [-0.4, -0.2) is 43.2 Å². The van der Waals surface area contributed by atoms with Gasteiger partial charge >= 0.3 is 0 Å². The summed E-state index contributed by atoms with van der Waals surface area (Å²) >= 11 is 0. The molecular weight excluding hydrogens is 288 g/mol. The number of hydrogen-bond donors (Lipinski definition) is 1. The van der Waals surface area contributed by atoms with Crippen LogP contribution in [0.1, 0.15) is 30.3 Å². The zero-order chi connectivity index (χ0) is 16.0. The van der Waals surface area contributed by atoms with E-state index in [1.807, 2.05) is 31.5 Å². The number of rotatable bonds is 8. The molecule has 0 bridgehead atoms. The predicted molar refractivity (Wildman–Crippen MR) is 83.3 cm³/mol. The molecule has 6 nitrogen and oxygen atoms in total. The maximum atomic E-state index is 11.4. The van der Waals surface area contributed by atoms with Crippen molar-refractivity contribution in [2.24, 2.45) is 7.05 Å². The molecule has 1 N–H and O–H groups in total. The number of nitriles is 1. The largest absolute Gasteiger partial charge is 0.340 e. The molecule has 0 atom stereocenters. The molecule has 118 valence electrons. The zero-order valence-corrected chi connectivity index (χ0v) is 14.0. The second-order valence-corrected chi connectivity index (χ2v) is 7.08. The van der Waals surface area contributed by atoms with Gasteiger partial charge in [-0.2, -0.15) is 5.26 Å². The summed E-state index contributed by atoms with van der Waals surface area (Å²) in [5.41, 5.74) is 2.83. The van der Waals surface area contributed by atoms with E-state index in [-0.39, 0.29) is 0 Å². The summed E-state index contributed by atoms with van der Waals surface area (Å²) in [5, 5.41) is 12.3. The second-order valence-electron chi connectivity index (χ2n) is 5.10. The van der Waals surface area contributed by atoms with Gasteiger partial charge in [0, 0.05) is 32.4 Å². The van der Waals surface area contributed by atoms with Gasteiger partial charge in [0.25, 0.3) is 0 Å². The summed E-state index contributed by atoms with van der Waals surface area (Å²) in [6.45, 7) is 6.28. The quantitative estimate of drug-likeness (QED) is 0.725. The summed E-state index contributed by atoms with van der Waals surface area (Å²) in [6, 6.07) is 4.05. The number of nitrogens with one attached hydrogen (secondary N) is 1. The molecule has 0 fully saturated rings. The van der Waals surface area contributed by atoms with Crippen LogP contribution in [0.3, 0.4) is 0 Å². The van der Waals surface area contributed by atoms with Crippen molar-refractivity contribution in [1.29, 1.82) is 5.26 Å². The average Bonchev–Trinajstić information content (AvgIpc) is 2.69. The van der Waals surface area contributed by atoms with Crippen molar-refractivity contribution in [2.75, 3.05) is 25.9 Å². The first-order chi connectivity index (χ1) is 9.81. The molecule has 1 aromatic rings.